The molecular formula is C25H20N4O3S. The van der Waals surface area contributed by atoms with Crippen LogP contribution in [0.15, 0.2) is 76.8 Å². The molecule has 8 heteroatoms. The van der Waals surface area contributed by atoms with Crippen LogP contribution in [0.1, 0.15) is 16.1 Å². The van der Waals surface area contributed by atoms with E-state index in [1.54, 1.807) is 31.5 Å². The predicted octanol–water partition coefficient (Wildman–Crippen LogP) is 4.99. The fourth-order valence-corrected chi connectivity index (χ4v) is 4.28. The molecule has 0 radical (unpaired) electrons. The van der Waals surface area contributed by atoms with Crippen molar-refractivity contribution in [3.8, 4) is 27.7 Å². The molecule has 5 rings (SSSR count). The Labute approximate surface area is 194 Å². The lowest BCUT2D eigenvalue weighted by Gasteiger charge is -2.05. The molecule has 0 bridgehead atoms. The number of pyridine rings is 1. The number of carbonyl (C=O) groups excluding carboxylic acids is 1. The van der Waals surface area contributed by atoms with Crippen LogP contribution < -0.4 is 10.1 Å². The van der Waals surface area contributed by atoms with Gasteiger partial charge in [-0.3, -0.25) is 9.78 Å². The fourth-order valence-electron chi connectivity index (χ4n) is 3.47. The molecule has 0 saturated carbocycles. The van der Waals surface area contributed by atoms with Crippen molar-refractivity contribution in [2.45, 2.75) is 6.42 Å². The number of amides is 1. The third-order valence-electron chi connectivity index (χ3n) is 5.21. The normalized spacial score (nSPS) is 10.9. The third kappa shape index (κ3) is 4.47. The zero-order valence-electron chi connectivity index (χ0n) is 17.8. The summed E-state index contributed by atoms with van der Waals surface area (Å²) in [6.07, 6.45) is 2.41. The second-order valence-corrected chi connectivity index (χ2v) is 8.19. The first-order valence-electron chi connectivity index (χ1n) is 10.4. The number of ether oxygens (including phenoxy) is 1. The molecule has 3 aromatic heterocycles. The highest BCUT2D eigenvalue weighted by Crippen LogP contribution is 2.33. The second-order valence-electron chi connectivity index (χ2n) is 7.34. The van der Waals surface area contributed by atoms with Crippen molar-refractivity contribution in [2.75, 3.05) is 13.7 Å². The number of aromatic nitrogens is 3. The van der Waals surface area contributed by atoms with Crippen LogP contribution >= 0.6 is 11.3 Å². The van der Waals surface area contributed by atoms with Crippen LogP contribution in [-0.2, 0) is 6.42 Å². The van der Waals surface area contributed by atoms with Crippen molar-refractivity contribution in [2.24, 2.45) is 0 Å². The van der Waals surface area contributed by atoms with E-state index in [2.05, 4.69) is 15.5 Å². The highest BCUT2D eigenvalue weighted by molar-refractivity contribution is 7.13. The van der Waals surface area contributed by atoms with Crippen LogP contribution in [0.2, 0.25) is 0 Å². The molecule has 0 fully saturated rings. The number of hydrogen-bond donors (Lipinski definition) is 1. The van der Waals surface area contributed by atoms with Gasteiger partial charge in [0.1, 0.15) is 22.1 Å². The molecule has 33 heavy (non-hydrogen) atoms. The van der Waals surface area contributed by atoms with Gasteiger partial charge in [-0.15, -0.1) is 11.3 Å². The maximum atomic E-state index is 12.7. The van der Waals surface area contributed by atoms with Gasteiger partial charge in [-0.1, -0.05) is 11.2 Å². The lowest BCUT2D eigenvalue weighted by molar-refractivity contribution is 0.0954. The van der Waals surface area contributed by atoms with Crippen molar-refractivity contribution >= 4 is 28.2 Å². The maximum Gasteiger partial charge on any atom is 0.251 e. The van der Waals surface area contributed by atoms with Crippen molar-refractivity contribution in [3.05, 3.63) is 83.5 Å². The first-order chi connectivity index (χ1) is 16.2. The maximum absolute atomic E-state index is 12.7. The van der Waals surface area contributed by atoms with E-state index in [0.29, 0.717) is 35.5 Å². The summed E-state index contributed by atoms with van der Waals surface area (Å²) < 4.78 is 10.7. The SMILES string of the molecule is COc1ccc(-c2nc(-c3noc4ccc(C(=O)NCCc5ccccn5)cc34)cs2)cc1. The van der Waals surface area contributed by atoms with Crippen LogP contribution in [0.4, 0.5) is 0 Å². The van der Waals surface area contributed by atoms with E-state index in [4.69, 9.17) is 14.2 Å². The van der Waals surface area contributed by atoms with E-state index in [-0.39, 0.29) is 5.91 Å². The van der Waals surface area contributed by atoms with Crippen molar-refractivity contribution in [1.82, 2.24) is 20.4 Å². The van der Waals surface area contributed by atoms with E-state index >= 15 is 0 Å². The molecule has 5 aromatic rings. The van der Waals surface area contributed by atoms with Gasteiger partial charge in [-0.25, -0.2) is 4.98 Å². The zero-order valence-corrected chi connectivity index (χ0v) is 18.6. The Morgan fingerprint density at radius 1 is 1.12 bits per heavy atom. The summed E-state index contributed by atoms with van der Waals surface area (Å²) in [6.45, 7) is 0.502. The fraction of sp³-hybridized carbons (Fsp3) is 0.120. The number of benzene rings is 2. The van der Waals surface area contributed by atoms with Gasteiger partial charge in [0, 0.05) is 41.4 Å². The smallest absolute Gasteiger partial charge is 0.251 e. The quantitative estimate of drug-likeness (QED) is 0.371. The minimum Gasteiger partial charge on any atom is -0.497 e. The minimum atomic E-state index is -0.155. The first kappa shape index (κ1) is 20.8. The Kier molecular flexibility index (Phi) is 5.82. The van der Waals surface area contributed by atoms with Gasteiger partial charge in [0.2, 0.25) is 0 Å². The molecule has 0 aliphatic rings. The van der Waals surface area contributed by atoms with E-state index < -0.39 is 0 Å². The van der Waals surface area contributed by atoms with E-state index in [1.165, 1.54) is 11.3 Å². The standard InChI is InChI=1S/C25H20N4O3S/c1-31-19-8-5-16(6-9-19)25-28-21(15-33-25)23-20-14-17(7-10-22(20)32-29-23)24(30)27-13-11-18-4-2-3-12-26-18/h2-10,12,14-15H,11,13H2,1H3,(H,27,30). The number of thiazole rings is 1. The second kappa shape index (κ2) is 9.22. The molecule has 1 N–H and O–H groups in total. The van der Waals surface area contributed by atoms with E-state index in [9.17, 15) is 4.79 Å². The predicted molar refractivity (Wildman–Crippen MR) is 127 cm³/mol. The molecule has 164 valence electrons. The Morgan fingerprint density at radius 2 is 2.00 bits per heavy atom. The number of hydrogen-bond acceptors (Lipinski definition) is 7. The topological polar surface area (TPSA) is 90.1 Å². The van der Waals surface area contributed by atoms with Gasteiger partial charge in [0.15, 0.2) is 5.58 Å². The van der Waals surface area contributed by atoms with Crippen LogP contribution in [0, 0.1) is 0 Å². The third-order valence-corrected chi connectivity index (χ3v) is 6.10. The minimum absolute atomic E-state index is 0.155. The summed E-state index contributed by atoms with van der Waals surface area (Å²) in [5.74, 6) is 0.640. The molecule has 0 unspecified atom stereocenters. The number of methoxy groups -OCH3 is 1. The molecular weight excluding hydrogens is 436 g/mol. The Morgan fingerprint density at radius 3 is 2.79 bits per heavy atom. The lowest BCUT2D eigenvalue weighted by atomic mass is 10.1. The summed E-state index contributed by atoms with van der Waals surface area (Å²) in [6, 6.07) is 18.8. The summed E-state index contributed by atoms with van der Waals surface area (Å²) in [4.78, 5) is 21.7. The van der Waals surface area contributed by atoms with Crippen LogP contribution in [0.5, 0.6) is 5.75 Å². The van der Waals surface area contributed by atoms with Gasteiger partial charge in [0.05, 0.1) is 12.5 Å². The van der Waals surface area contributed by atoms with Crippen molar-refractivity contribution in [3.63, 3.8) is 0 Å². The van der Waals surface area contributed by atoms with Crippen molar-refractivity contribution in [1.29, 1.82) is 0 Å². The van der Waals surface area contributed by atoms with Crippen molar-refractivity contribution < 1.29 is 14.1 Å². The monoisotopic (exact) mass is 456 g/mol. The average molecular weight is 457 g/mol. The number of nitrogens with one attached hydrogen (secondary N) is 1. The number of rotatable bonds is 7. The van der Waals surface area contributed by atoms with Gasteiger partial charge >= 0.3 is 0 Å². The molecule has 3 heterocycles. The van der Waals surface area contributed by atoms with E-state index in [0.717, 1.165) is 27.4 Å². The highest BCUT2D eigenvalue weighted by atomic mass is 32.1. The molecule has 7 nitrogen and oxygen atoms in total. The molecule has 2 aromatic carbocycles. The molecule has 0 aliphatic heterocycles. The molecule has 0 saturated heterocycles. The molecule has 1 amide bonds. The molecule has 0 atom stereocenters. The van der Waals surface area contributed by atoms with Gasteiger partial charge < -0.3 is 14.6 Å². The Balaban J connectivity index is 1.35. The Bertz CT molecular complexity index is 1390. The Hall–Kier alpha value is -4.04. The molecule has 0 aliphatic carbocycles. The summed E-state index contributed by atoms with van der Waals surface area (Å²) in [7, 11) is 1.64. The highest BCUT2D eigenvalue weighted by Gasteiger charge is 2.17. The van der Waals surface area contributed by atoms with Gasteiger partial charge in [0.25, 0.3) is 5.91 Å². The zero-order chi connectivity index (χ0) is 22.6. The summed E-state index contributed by atoms with van der Waals surface area (Å²) in [5.41, 5.74) is 4.40. The van der Waals surface area contributed by atoms with Crippen LogP contribution in [0.3, 0.4) is 0 Å². The average Bonchev–Trinajstić information content (AvgIpc) is 3.51. The van der Waals surface area contributed by atoms with Gasteiger partial charge in [-0.2, -0.15) is 0 Å². The number of nitrogens with zero attached hydrogens (tertiary/aromatic N) is 3. The number of fused-ring (bicyclic) bond motifs is 1. The largest absolute Gasteiger partial charge is 0.497 e. The summed E-state index contributed by atoms with van der Waals surface area (Å²) >= 11 is 1.52. The number of carbonyl (C=O) groups is 1. The lowest BCUT2D eigenvalue weighted by Crippen LogP contribution is -2.25. The summed E-state index contributed by atoms with van der Waals surface area (Å²) in [5, 5.41) is 10.7. The molecule has 0 spiro atoms. The van der Waals surface area contributed by atoms with Crippen LogP contribution in [-0.4, -0.2) is 34.7 Å². The first-order valence-corrected chi connectivity index (χ1v) is 11.3. The van der Waals surface area contributed by atoms with Gasteiger partial charge in [-0.05, 0) is 54.6 Å². The van der Waals surface area contributed by atoms with E-state index in [1.807, 2.05) is 47.8 Å². The van der Waals surface area contributed by atoms with Crippen LogP contribution in [0.25, 0.3) is 32.9 Å².